The van der Waals surface area contributed by atoms with E-state index in [-0.39, 0.29) is 12.8 Å². The molecule has 0 aromatic rings. The third-order valence-corrected chi connectivity index (χ3v) is 11.6. The highest BCUT2D eigenvalue weighted by Gasteiger charge is 2.51. The molecule has 1 rings (SSSR count). The molecule has 0 saturated heterocycles. The third kappa shape index (κ3) is 29.8. The van der Waals surface area contributed by atoms with Gasteiger partial charge in [0.2, 0.25) is 0 Å². The Hall–Kier alpha value is -2.45. The molecular weight excluding hydrogens is 815 g/mol. The summed E-state index contributed by atoms with van der Waals surface area (Å²) in [6.07, 6.45) is 32.9. The number of carbonyl (C=O) groups excluding carboxylic acids is 2. The Kier molecular flexibility index (Phi) is 35.2. The molecule has 6 atom stereocenters. The fraction of sp³-hybridized carbons (Fsp3) is 0.750. The molecule has 1 saturated carbocycles. The molecule has 0 aliphatic heterocycles. The van der Waals surface area contributed by atoms with Gasteiger partial charge in [0, 0.05) is 12.8 Å². The zero-order valence-electron chi connectivity index (χ0n) is 37.9. The number of hydrogen-bond acceptors (Lipinski definition) is 12. The number of allylic oxidation sites excluding steroid dienone is 10. The molecule has 0 radical (unpaired) electrons. The first-order chi connectivity index (χ1) is 29.9. The summed E-state index contributed by atoms with van der Waals surface area (Å²) >= 11 is 0. The summed E-state index contributed by atoms with van der Waals surface area (Å²) in [5.74, 6) is -1.12. The van der Waals surface area contributed by atoms with Gasteiger partial charge in [-0.2, -0.15) is 0 Å². The Morgan fingerprint density at radius 2 is 0.919 bits per heavy atom. The number of hydrogen-bond donors (Lipinski definition) is 6. The minimum Gasteiger partial charge on any atom is -0.462 e. The summed E-state index contributed by atoms with van der Waals surface area (Å²) in [6, 6.07) is 0. The van der Waals surface area contributed by atoms with Crippen molar-refractivity contribution in [2.45, 2.75) is 217 Å². The first-order valence-electron chi connectivity index (χ1n) is 23.6. The molecule has 0 spiro atoms. The van der Waals surface area contributed by atoms with Crippen molar-refractivity contribution in [3.8, 4) is 0 Å². The van der Waals surface area contributed by atoms with E-state index in [4.69, 9.17) is 18.5 Å². The molecule has 6 unspecified atom stereocenters. The third-order valence-electron chi connectivity index (χ3n) is 10.6. The van der Waals surface area contributed by atoms with Crippen molar-refractivity contribution in [3.05, 3.63) is 60.8 Å². The number of ether oxygens (including phenoxy) is 2. The van der Waals surface area contributed by atoms with Crippen LogP contribution in [0.2, 0.25) is 0 Å². The molecule has 1 aliphatic rings. The van der Waals surface area contributed by atoms with Crippen LogP contribution in [-0.4, -0.2) is 98.3 Å². The van der Waals surface area contributed by atoms with E-state index in [1.165, 1.54) is 32.1 Å². The first-order valence-corrected chi connectivity index (χ1v) is 25.1. The van der Waals surface area contributed by atoms with Crippen molar-refractivity contribution in [3.63, 3.8) is 0 Å². The smallest absolute Gasteiger partial charge is 0.462 e. The highest BCUT2D eigenvalue weighted by molar-refractivity contribution is 7.47. The van der Waals surface area contributed by atoms with Crippen LogP contribution in [0.15, 0.2) is 60.8 Å². The van der Waals surface area contributed by atoms with Crippen molar-refractivity contribution in [2.75, 3.05) is 13.2 Å². The normalized spacial score (nSPS) is 22.4. The van der Waals surface area contributed by atoms with E-state index in [0.717, 1.165) is 103 Å². The highest BCUT2D eigenvalue weighted by atomic mass is 31.2. The van der Waals surface area contributed by atoms with Gasteiger partial charge in [-0.3, -0.25) is 18.6 Å². The topological polar surface area (TPSA) is 210 Å². The molecule has 0 aromatic heterocycles. The Balaban J connectivity index is 2.39. The maximum atomic E-state index is 12.8. The van der Waals surface area contributed by atoms with Gasteiger partial charge in [-0.05, 0) is 70.6 Å². The summed E-state index contributed by atoms with van der Waals surface area (Å²) in [7, 11) is -5.12. The van der Waals surface area contributed by atoms with E-state index < -0.39 is 75.7 Å². The summed E-state index contributed by atoms with van der Waals surface area (Å²) in [5.41, 5.74) is 0. The lowest BCUT2D eigenvalue weighted by molar-refractivity contribution is -0.220. The number of aliphatic hydroxyl groups excluding tert-OH is 5. The number of esters is 2. The molecule has 1 aliphatic carbocycles. The lowest BCUT2D eigenvalue weighted by Gasteiger charge is -2.41. The number of carbonyl (C=O) groups is 2. The monoisotopic (exact) mass is 899 g/mol. The lowest BCUT2D eigenvalue weighted by atomic mass is 9.85. The van der Waals surface area contributed by atoms with E-state index >= 15 is 0 Å². The second kappa shape index (κ2) is 37.9. The second-order valence-electron chi connectivity index (χ2n) is 16.2. The van der Waals surface area contributed by atoms with Gasteiger partial charge in [0.05, 0.1) is 6.61 Å². The summed E-state index contributed by atoms with van der Waals surface area (Å²) < 4.78 is 33.5. The minimum atomic E-state index is -5.12. The summed E-state index contributed by atoms with van der Waals surface area (Å²) in [6.45, 7) is 3.10. The Bertz CT molecular complexity index is 1320. The average molecular weight is 899 g/mol. The lowest BCUT2D eigenvalue weighted by Crippen LogP contribution is -2.64. The second-order valence-corrected chi connectivity index (χ2v) is 17.6. The zero-order valence-corrected chi connectivity index (χ0v) is 38.8. The Morgan fingerprint density at radius 3 is 1.42 bits per heavy atom. The first kappa shape index (κ1) is 57.6. The van der Waals surface area contributed by atoms with Gasteiger partial charge in [0.15, 0.2) is 6.10 Å². The summed E-state index contributed by atoms with van der Waals surface area (Å²) in [5, 5.41) is 50.1. The predicted molar refractivity (Wildman–Crippen MR) is 244 cm³/mol. The maximum Gasteiger partial charge on any atom is 0.472 e. The number of rotatable bonds is 38. The van der Waals surface area contributed by atoms with Crippen molar-refractivity contribution in [1.82, 2.24) is 0 Å². The van der Waals surface area contributed by atoms with Crippen molar-refractivity contribution < 1.29 is 63.1 Å². The van der Waals surface area contributed by atoms with Crippen LogP contribution in [-0.2, 0) is 32.7 Å². The van der Waals surface area contributed by atoms with Gasteiger partial charge in [0.1, 0.15) is 43.2 Å². The molecule has 0 bridgehead atoms. The van der Waals surface area contributed by atoms with Crippen LogP contribution in [0, 0.1) is 0 Å². The largest absolute Gasteiger partial charge is 0.472 e. The fourth-order valence-electron chi connectivity index (χ4n) is 6.81. The number of phosphoric ester groups is 1. The predicted octanol–water partition coefficient (Wildman–Crippen LogP) is 9.33. The van der Waals surface area contributed by atoms with E-state index in [9.17, 15) is 44.6 Å². The Morgan fingerprint density at radius 1 is 0.516 bits per heavy atom. The van der Waals surface area contributed by atoms with Gasteiger partial charge in [-0.1, -0.05) is 152 Å². The van der Waals surface area contributed by atoms with Gasteiger partial charge >= 0.3 is 19.8 Å². The molecule has 0 amide bonds. The van der Waals surface area contributed by atoms with Crippen LogP contribution in [0.25, 0.3) is 0 Å². The molecule has 0 aromatic carbocycles. The van der Waals surface area contributed by atoms with Gasteiger partial charge in [-0.15, -0.1) is 0 Å². The molecule has 1 fully saturated rings. The van der Waals surface area contributed by atoms with E-state index in [1.54, 1.807) is 0 Å². The average Bonchev–Trinajstić information content (AvgIpc) is 3.25. The van der Waals surface area contributed by atoms with Crippen LogP contribution in [0.5, 0.6) is 0 Å². The van der Waals surface area contributed by atoms with Crippen LogP contribution in [0.4, 0.5) is 0 Å². The Labute approximate surface area is 373 Å². The fourth-order valence-corrected chi connectivity index (χ4v) is 7.78. The van der Waals surface area contributed by atoms with E-state index in [1.807, 2.05) is 0 Å². The number of aliphatic hydroxyl groups is 5. The molecule has 6 N–H and O–H groups in total. The molecule has 13 nitrogen and oxygen atoms in total. The van der Waals surface area contributed by atoms with Gasteiger partial charge in [-0.25, -0.2) is 4.57 Å². The minimum absolute atomic E-state index is 0.0873. The number of unbranched alkanes of at least 4 members (excludes halogenated alkanes) is 16. The van der Waals surface area contributed by atoms with E-state index in [2.05, 4.69) is 74.6 Å². The molecule has 358 valence electrons. The van der Waals surface area contributed by atoms with Crippen molar-refractivity contribution in [1.29, 1.82) is 0 Å². The molecule has 62 heavy (non-hydrogen) atoms. The van der Waals surface area contributed by atoms with Crippen molar-refractivity contribution >= 4 is 19.8 Å². The standard InChI is InChI=1S/C48H83O13P/c1-3-5-7-9-11-13-15-16-17-18-19-20-21-22-23-24-25-26-27-29-31-33-35-37-42(50)60-40(38-58-41(49)36-34-32-30-28-14-12-10-8-6-4-2)39-59-62(56,57)61-48-46(54)44(52)43(51)45(53)47(48)55/h5,7-8,10-11,13,16-17,19-20,40,43-48,51-55H,3-4,6,9,12,14-15,18,21-39H2,1-2H3,(H,56,57)/b7-5-,10-8-,13-11-,17-16-,20-19-. The van der Waals surface area contributed by atoms with Crippen LogP contribution in [0.1, 0.15) is 174 Å². The van der Waals surface area contributed by atoms with Crippen molar-refractivity contribution in [2.24, 2.45) is 0 Å². The molecule has 0 heterocycles. The molecule has 14 heteroatoms. The van der Waals surface area contributed by atoms with Crippen LogP contribution in [0.3, 0.4) is 0 Å². The quantitative estimate of drug-likeness (QED) is 0.0148. The highest BCUT2D eigenvalue weighted by Crippen LogP contribution is 2.47. The van der Waals surface area contributed by atoms with Gasteiger partial charge < -0.3 is 39.9 Å². The van der Waals surface area contributed by atoms with Crippen LogP contribution >= 0.6 is 7.82 Å². The number of phosphoric acid groups is 1. The maximum absolute atomic E-state index is 12.8. The zero-order chi connectivity index (χ0) is 45.7. The molecular formula is C48H83O13P. The van der Waals surface area contributed by atoms with E-state index in [0.29, 0.717) is 12.8 Å². The van der Waals surface area contributed by atoms with Gasteiger partial charge in [0.25, 0.3) is 0 Å². The summed E-state index contributed by atoms with van der Waals surface area (Å²) in [4.78, 5) is 35.6. The van der Waals surface area contributed by atoms with Crippen LogP contribution < -0.4 is 0 Å². The SMILES string of the molecule is CC/C=C\C/C=C\C/C=C\C/C=C\CCCCCCCCCCCCC(=O)OC(COC(=O)CCCCCCC/C=C\CCC)COP(=O)(O)OC1C(O)C(O)C(O)C(O)C1O.